The number of hydrogen-bond acceptors (Lipinski definition) is 3. The third-order valence-electron chi connectivity index (χ3n) is 5.12. The van der Waals surface area contributed by atoms with Gasteiger partial charge >= 0.3 is 0 Å². The van der Waals surface area contributed by atoms with Crippen LogP contribution in [0.25, 0.3) is 0 Å². The van der Waals surface area contributed by atoms with Crippen LogP contribution in [0.4, 0.5) is 5.69 Å². The second kappa shape index (κ2) is 7.24. The highest BCUT2D eigenvalue weighted by molar-refractivity contribution is 7.99. The number of hydrogen-bond donors (Lipinski definition) is 1. The van der Waals surface area contributed by atoms with E-state index < -0.39 is 0 Å². The summed E-state index contributed by atoms with van der Waals surface area (Å²) in [5.41, 5.74) is 4.61. The minimum Gasteiger partial charge on any atom is -0.326 e. The average Bonchev–Trinajstić information content (AvgIpc) is 3.34. The number of carbonyl (C=O) groups excluding carboxylic acids is 1. The van der Waals surface area contributed by atoms with Crippen LogP contribution in [0, 0.1) is 19.8 Å². The molecule has 0 bridgehead atoms. The van der Waals surface area contributed by atoms with Crippen LogP contribution in [0.1, 0.15) is 29.0 Å². The van der Waals surface area contributed by atoms with Crippen LogP contribution in [-0.2, 0) is 11.8 Å². The van der Waals surface area contributed by atoms with Crippen LogP contribution in [-0.4, -0.2) is 15.7 Å². The third-order valence-corrected chi connectivity index (χ3v) is 6.11. The number of anilines is 1. The molecule has 4 rings (SSSR count). The minimum absolute atomic E-state index is 0.0544. The van der Waals surface area contributed by atoms with Gasteiger partial charge in [0.1, 0.15) is 0 Å². The second-order valence-corrected chi connectivity index (χ2v) is 8.40. The number of benzene rings is 2. The molecule has 2 unspecified atom stereocenters. The van der Waals surface area contributed by atoms with Gasteiger partial charge < -0.3 is 5.32 Å². The maximum absolute atomic E-state index is 12.5. The van der Waals surface area contributed by atoms with E-state index >= 15 is 0 Å². The van der Waals surface area contributed by atoms with Gasteiger partial charge in [0.25, 0.3) is 0 Å². The second-order valence-electron chi connectivity index (χ2n) is 7.26. The Kier molecular flexibility index (Phi) is 4.79. The van der Waals surface area contributed by atoms with E-state index in [0.29, 0.717) is 5.92 Å². The monoisotopic (exact) mass is 377 g/mol. The maximum Gasteiger partial charge on any atom is 0.228 e. The highest BCUT2D eigenvalue weighted by Crippen LogP contribution is 2.47. The van der Waals surface area contributed by atoms with Gasteiger partial charge in [0, 0.05) is 34.6 Å². The van der Waals surface area contributed by atoms with Crippen molar-refractivity contribution >= 4 is 23.4 Å². The van der Waals surface area contributed by atoms with Gasteiger partial charge in [0.15, 0.2) is 0 Å². The molecule has 0 spiro atoms. The molecule has 27 heavy (non-hydrogen) atoms. The van der Waals surface area contributed by atoms with Crippen molar-refractivity contribution in [3.63, 3.8) is 0 Å². The Bertz CT molecular complexity index is 977. The SMILES string of the molecule is Cc1ccc(Sc2ccc(NC(=O)C3CC3c3cnn(C)c3)cc2)cc1C. The van der Waals surface area contributed by atoms with E-state index in [-0.39, 0.29) is 11.8 Å². The Balaban J connectivity index is 1.35. The van der Waals surface area contributed by atoms with E-state index in [0.717, 1.165) is 22.6 Å². The van der Waals surface area contributed by atoms with E-state index in [1.54, 1.807) is 16.4 Å². The Morgan fingerprint density at radius 3 is 2.52 bits per heavy atom. The van der Waals surface area contributed by atoms with Gasteiger partial charge in [-0.2, -0.15) is 5.10 Å². The maximum atomic E-state index is 12.5. The fraction of sp³-hybridized carbons (Fsp3) is 0.273. The van der Waals surface area contributed by atoms with Gasteiger partial charge in [0.05, 0.1) is 6.20 Å². The first-order valence-corrected chi connectivity index (χ1v) is 9.96. The summed E-state index contributed by atoms with van der Waals surface area (Å²) in [5.74, 6) is 0.454. The van der Waals surface area contributed by atoms with Crippen molar-refractivity contribution in [2.45, 2.75) is 36.0 Å². The van der Waals surface area contributed by atoms with E-state index in [1.165, 1.54) is 16.0 Å². The Hall–Kier alpha value is -2.53. The molecule has 0 radical (unpaired) electrons. The van der Waals surface area contributed by atoms with Gasteiger partial charge in [0.2, 0.25) is 5.91 Å². The number of carbonyl (C=O) groups is 1. The molecule has 1 heterocycles. The lowest BCUT2D eigenvalue weighted by Gasteiger charge is -2.08. The summed E-state index contributed by atoms with van der Waals surface area (Å²) >= 11 is 1.73. The average molecular weight is 378 g/mol. The van der Waals surface area contributed by atoms with E-state index in [2.05, 4.69) is 54.6 Å². The van der Waals surface area contributed by atoms with Crippen molar-refractivity contribution in [2.24, 2.45) is 13.0 Å². The first kappa shape index (κ1) is 17.9. The smallest absolute Gasteiger partial charge is 0.228 e. The molecule has 138 valence electrons. The minimum atomic E-state index is 0.0544. The van der Waals surface area contributed by atoms with Gasteiger partial charge in [-0.25, -0.2) is 0 Å². The lowest BCUT2D eigenvalue weighted by atomic mass is 10.1. The standard InChI is InChI=1S/C22H23N3OS/c1-14-4-7-19(10-15(14)2)27-18-8-5-17(6-9-18)24-22(26)21-11-20(21)16-12-23-25(3)13-16/h4-10,12-13,20-21H,11H2,1-3H3,(H,24,26). The Morgan fingerprint density at radius 1 is 1.11 bits per heavy atom. The fourth-order valence-corrected chi connectivity index (χ4v) is 4.16. The fourth-order valence-electron chi connectivity index (χ4n) is 3.24. The zero-order valence-electron chi connectivity index (χ0n) is 15.8. The summed E-state index contributed by atoms with van der Waals surface area (Å²) in [7, 11) is 1.90. The molecular formula is C22H23N3OS. The molecule has 1 amide bonds. The number of nitrogens with zero attached hydrogens (tertiary/aromatic N) is 2. The van der Waals surface area contributed by atoms with E-state index in [9.17, 15) is 4.79 Å². The summed E-state index contributed by atoms with van der Waals surface area (Å²) in [5, 5.41) is 7.24. The van der Waals surface area contributed by atoms with Gasteiger partial charge in [-0.3, -0.25) is 9.48 Å². The lowest BCUT2D eigenvalue weighted by Crippen LogP contribution is -2.14. The summed E-state index contributed by atoms with van der Waals surface area (Å²) in [6, 6.07) is 14.6. The van der Waals surface area contributed by atoms with Crippen LogP contribution in [0.3, 0.4) is 0 Å². The topological polar surface area (TPSA) is 46.9 Å². The van der Waals surface area contributed by atoms with Crippen molar-refractivity contribution in [3.05, 3.63) is 71.5 Å². The molecule has 1 aromatic heterocycles. The zero-order valence-corrected chi connectivity index (χ0v) is 16.6. The van der Waals surface area contributed by atoms with Crippen LogP contribution < -0.4 is 5.32 Å². The summed E-state index contributed by atoms with van der Waals surface area (Å²) in [6.45, 7) is 4.26. The van der Waals surface area contributed by atoms with Crippen molar-refractivity contribution in [1.82, 2.24) is 9.78 Å². The number of rotatable bonds is 5. The summed E-state index contributed by atoms with van der Waals surface area (Å²) < 4.78 is 1.79. The number of aryl methyl sites for hydroxylation is 3. The van der Waals surface area contributed by atoms with Crippen LogP contribution in [0.5, 0.6) is 0 Å². The molecule has 2 atom stereocenters. The first-order chi connectivity index (χ1) is 13.0. The lowest BCUT2D eigenvalue weighted by molar-refractivity contribution is -0.117. The van der Waals surface area contributed by atoms with Crippen LogP contribution in [0.2, 0.25) is 0 Å². The molecule has 2 aromatic carbocycles. The molecule has 1 aliphatic carbocycles. The molecule has 4 nitrogen and oxygen atoms in total. The van der Waals surface area contributed by atoms with Crippen molar-refractivity contribution in [3.8, 4) is 0 Å². The highest BCUT2D eigenvalue weighted by atomic mass is 32.2. The highest BCUT2D eigenvalue weighted by Gasteiger charge is 2.44. The molecule has 1 saturated carbocycles. The third kappa shape index (κ3) is 4.08. The van der Waals surface area contributed by atoms with Gasteiger partial charge in [-0.1, -0.05) is 17.8 Å². The van der Waals surface area contributed by atoms with Crippen molar-refractivity contribution < 1.29 is 4.79 Å². The van der Waals surface area contributed by atoms with Gasteiger partial charge in [-0.05, 0) is 79.3 Å². The first-order valence-electron chi connectivity index (χ1n) is 9.14. The van der Waals surface area contributed by atoms with Crippen LogP contribution in [0.15, 0.2) is 64.6 Å². The predicted molar refractivity (Wildman–Crippen MR) is 109 cm³/mol. The summed E-state index contributed by atoms with van der Waals surface area (Å²) in [6.07, 6.45) is 4.76. The van der Waals surface area contributed by atoms with Gasteiger partial charge in [-0.15, -0.1) is 0 Å². The molecule has 5 heteroatoms. The molecule has 0 aliphatic heterocycles. The molecule has 3 aromatic rings. The van der Waals surface area contributed by atoms with E-state index in [4.69, 9.17) is 0 Å². The quantitative estimate of drug-likeness (QED) is 0.686. The number of nitrogens with one attached hydrogen (secondary N) is 1. The van der Waals surface area contributed by atoms with E-state index in [1.807, 2.05) is 31.6 Å². The zero-order chi connectivity index (χ0) is 19.0. The normalized spacial score (nSPS) is 18.3. The number of amides is 1. The molecule has 0 saturated heterocycles. The van der Waals surface area contributed by atoms with Crippen molar-refractivity contribution in [1.29, 1.82) is 0 Å². The molecule has 1 fully saturated rings. The largest absolute Gasteiger partial charge is 0.326 e. The Morgan fingerprint density at radius 2 is 1.85 bits per heavy atom. The predicted octanol–water partition coefficient (Wildman–Crippen LogP) is 4.93. The molecular weight excluding hydrogens is 354 g/mol. The number of aromatic nitrogens is 2. The molecule has 1 aliphatic rings. The molecule has 1 N–H and O–H groups in total. The summed E-state index contributed by atoms with van der Waals surface area (Å²) in [4.78, 5) is 14.9. The van der Waals surface area contributed by atoms with Crippen molar-refractivity contribution in [2.75, 3.05) is 5.32 Å². The Labute approximate surface area is 164 Å². The van der Waals surface area contributed by atoms with Crippen LogP contribution >= 0.6 is 11.8 Å².